The van der Waals surface area contributed by atoms with E-state index in [-0.39, 0.29) is 5.82 Å². The number of amidine groups is 1. The molecule has 0 aromatic heterocycles. The topological polar surface area (TPSA) is 27.1 Å². The van der Waals surface area contributed by atoms with Crippen LogP contribution in [0.3, 0.4) is 0 Å². The summed E-state index contributed by atoms with van der Waals surface area (Å²) in [6, 6.07) is 6.36. The number of halogens is 1. The van der Waals surface area contributed by atoms with E-state index >= 15 is 0 Å². The maximum absolute atomic E-state index is 12.9. The molecule has 0 bridgehead atoms. The summed E-state index contributed by atoms with van der Waals surface area (Å²) in [4.78, 5) is 1.75. The Kier molecular flexibility index (Phi) is 2.23. The van der Waals surface area contributed by atoms with Crippen LogP contribution in [0.1, 0.15) is 12.8 Å². The van der Waals surface area contributed by atoms with Crippen LogP contribution in [0.2, 0.25) is 0 Å². The lowest BCUT2D eigenvalue weighted by Gasteiger charge is -2.19. The van der Waals surface area contributed by atoms with Gasteiger partial charge in [-0.3, -0.25) is 5.41 Å². The smallest absolute Gasteiger partial charge is 0.125 e. The van der Waals surface area contributed by atoms with Crippen molar-refractivity contribution in [1.29, 1.82) is 5.41 Å². The molecule has 1 saturated carbocycles. The number of hydrogen-bond acceptors (Lipinski definition) is 1. The minimum Gasteiger partial charge on any atom is -0.333 e. The normalized spacial score (nSPS) is 15.3. The predicted octanol–water partition coefficient (Wildman–Crippen LogP) is 2.65. The van der Waals surface area contributed by atoms with Crippen LogP contribution in [0.15, 0.2) is 24.3 Å². The number of anilines is 1. The van der Waals surface area contributed by atoms with Crippen LogP contribution >= 0.6 is 0 Å². The van der Waals surface area contributed by atoms with Crippen molar-refractivity contribution < 1.29 is 4.39 Å². The second-order valence-corrected chi connectivity index (χ2v) is 3.70. The van der Waals surface area contributed by atoms with Crippen molar-refractivity contribution in [1.82, 2.24) is 0 Å². The van der Waals surface area contributed by atoms with Crippen molar-refractivity contribution in [3.05, 3.63) is 30.1 Å². The van der Waals surface area contributed by atoms with Gasteiger partial charge in [0.25, 0.3) is 0 Å². The van der Waals surface area contributed by atoms with Gasteiger partial charge >= 0.3 is 0 Å². The highest BCUT2D eigenvalue weighted by molar-refractivity contribution is 5.98. The molecule has 0 heterocycles. The number of rotatable bonds is 2. The predicted molar refractivity (Wildman–Crippen MR) is 55.3 cm³/mol. The van der Waals surface area contributed by atoms with Gasteiger partial charge in [-0.05, 0) is 31.0 Å². The molecule has 1 fully saturated rings. The second kappa shape index (κ2) is 3.40. The van der Waals surface area contributed by atoms with Crippen molar-refractivity contribution in [2.45, 2.75) is 12.8 Å². The maximum Gasteiger partial charge on any atom is 0.125 e. The van der Waals surface area contributed by atoms with Crippen LogP contribution in [-0.2, 0) is 0 Å². The van der Waals surface area contributed by atoms with Crippen LogP contribution in [0.5, 0.6) is 0 Å². The molecule has 0 atom stereocenters. The Morgan fingerprint density at radius 3 is 2.79 bits per heavy atom. The molecule has 3 heteroatoms. The van der Waals surface area contributed by atoms with Gasteiger partial charge in [0, 0.05) is 18.7 Å². The van der Waals surface area contributed by atoms with E-state index in [1.807, 2.05) is 13.1 Å². The highest BCUT2D eigenvalue weighted by Crippen LogP contribution is 2.32. The van der Waals surface area contributed by atoms with Crippen LogP contribution < -0.4 is 4.90 Å². The SMILES string of the molecule is CN(C(=N)C1CC1)c1cccc(F)c1. The third kappa shape index (κ3) is 1.76. The largest absolute Gasteiger partial charge is 0.333 e. The summed E-state index contributed by atoms with van der Waals surface area (Å²) >= 11 is 0. The highest BCUT2D eigenvalue weighted by atomic mass is 19.1. The lowest BCUT2D eigenvalue weighted by atomic mass is 10.2. The van der Waals surface area contributed by atoms with E-state index < -0.39 is 0 Å². The maximum atomic E-state index is 12.9. The molecule has 14 heavy (non-hydrogen) atoms. The highest BCUT2D eigenvalue weighted by Gasteiger charge is 2.29. The Morgan fingerprint density at radius 1 is 1.50 bits per heavy atom. The lowest BCUT2D eigenvalue weighted by Crippen LogP contribution is -2.26. The van der Waals surface area contributed by atoms with Crippen LogP contribution in [0.25, 0.3) is 0 Å². The molecule has 2 nitrogen and oxygen atoms in total. The Balaban J connectivity index is 2.17. The molecular formula is C11H13FN2. The molecule has 0 unspecified atom stereocenters. The molecule has 74 valence electrons. The average Bonchev–Trinajstić information content (AvgIpc) is 2.99. The summed E-state index contributed by atoms with van der Waals surface area (Å²) < 4.78 is 12.9. The standard InChI is InChI=1S/C11H13FN2/c1-14(11(13)8-5-6-8)10-4-2-3-9(12)7-10/h2-4,7-8,13H,5-6H2,1H3. The zero-order valence-electron chi connectivity index (χ0n) is 8.13. The number of benzene rings is 1. The zero-order chi connectivity index (χ0) is 10.1. The Hall–Kier alpha value is -1.38. The molecule has 2 rings (SSSR count). The summed E-state index contributed by atoms with van der Waals surface area (Å²) in [7, 11) is 1.81. The molecule has 1 N–H and O–H groups in total. The van der Waals surface area contributed by atoms with E-state index in [0.29, 0.717) is 11.8 Å². The first-order chi connectivity index (χ1) is 6.68. The molecule has 1 aromatic rings. The third-order valence-corrected chi connectivity index (χ3v) is 2.52. The third-order valence-electron chi connectivity index (χ3n) is 2.52. The first kappa shape index (κ1) is 9.19. The summed E-state index contributed by atoms with van der Waals surface area (Å²) in [5, 5.41) is 7.82. The molecule has 0 radical (unpaired) electrons. The van der Waals surface area contributed by atoms with E-state index in [1.165, 1.54) is 12.1 Å². The van der Waals surface area contributed by atoms with Gasteiger partial charge in [0.05, 0.1) is 0 Å². The Bertz CT molecular complexity index is 358. The van der Waals surface area contributed by atoms with Crippen molar-refractivity contribution in [3.8, 4) is 0 Å². The van der Waals surface area contributed by atoms with E-state index in [0.717, 1.165) is 18.5 Å². The summed E-state index contributed by atoms with van der Waals surface area (Å²) in [5.41, 5.74) is 0.752. The molecule has 1 aromatic carbocycles. The summed E-state index contributed by atoms with van der Waals surface area (Å²) in [6.45, 7) is 0. The van der Waals surface area contributed by atoms with Crippen LogP contribution in [0.4, 0.5) is 10.1 Å². The van der Waals surface area contributed by atoms with E-state index in [4.69, 9.17) is 5.41 Å². The number of hydrogen-bond donors (Lipinski definition) is 1. The summed E-state index contributed by atoms with van der Waals surface area (Å²) in [6.07, 6.45) is 2.19. The van der Waals surface area contributed by atoms with Gasteiger partial charge in [0.1, 0.15) is 11.7 Å². The van der Waals surface area contributed by atoms with Gasteiger partial charge < -0.3 is 4.90 Å². The summed E-state index contributed by atoms with van der Waals surface area (Å²) in [5.74, 6) is 0.733. The molecule has 0 saturated heterocycles. The molecule has 1 aliphatic carbocycles. The quantitative estimate of drug-likeness (QED) is 0.566. The second-order valence-electron chi connectivity index (χ2n) is 3.70. The minimum absolute atomic E-state index is 0.252. The Labute approximate surface area is 82.9 Å². The monoisotopic (exact) mass is 192 g/mol. The van der Waals surface area contributed by atoms with Gasteiger partial charge in [-0.2, -0.15) is 0 Å². The first-order valence-electron chi connectivity index (χ1n) is 4.76. The molecule has 0 aliphatic heterocycles. The lowest BCUT2D eigenvalue weighted by molar-refractivity contribution is 0.628. The van der Waals surface area contributed by atoms with Crippen molar-refractivity contribution >= 4 is 11.5 Å². The van der Waals surface area contributed by atoms with E-state index in [1.54, 1.807) is 11.0 Å². The van der Waals surface area contributed by atoms with Gasteiger partial charge in [-0.25, -0.2) is 4.39 Å². The van der Waals surface area contributed by atoms with Crippen molar-refractivity contribution in [3.63, 3.8) is 0 Å². The van der Waals surface area contributed by atoms with E-state index in [2.05, 4.69) is 0 Å². The fourth-order valence-electron chi connectivity index (χ4n) is 1.45. The van der Waals surface area contributed by atoms with Crippen molar-refractivity contribution in [2.75, 3.05) is 11.9 Å². The van der Waals surface area contributed by atoms with Crippen molar-refractivity contribution in [2.24, 2.45) is 5.92 Å². The zero-order valence-corrected chi connectivity index (χ0v) is 8.13. The average molecular weight is 192 g/mol. The van der Waals surface area contributed by atoms with E-state index in [9.17, 15) is 4.39 Å². The minimum atomic E-state index is -0.252. The first-order valence-corrected chi connectivity index (χ1v) is 4.76. The fourth-order valence-corrected chi connectivity index (χ4v) is 1.45. The molecular weight excluding hydrogens is 179 g/mol. The van der Waals surface area contributed by atoms with Crippen LogP contribution in [-0.4, -0.2) is 12.9 Å². The number of nitrogens with zero attached hydrogens (tertiary/aromatic N) is 1. The fraction of sp³-hybridized carbons (Fsp3) is 0.364. The van der Waals surface area contributed by atoms with Gasteiger partial charge in [-0.15, -0.1) is 0 Å². The van der Waals surface area contributed by atoms with Gasteiger partial charge in [0.2, 0.25) is 0 Å². The molecule has 0 amide bonds. The van der Waals surface area contributed by atoms with Gasteiger partial charge in [-0.1, -0.05) is 6.07 Å². The molecule has 1 aliphatic rings. The van der Waals surface area contributed by atoms with Crippen LogP contribution in [0, 0.1) is 17.1 Å². The number of nitrogens with one attached hydrogen (secondary N) is 1. The molecule has 0 spiro atoms. The Morgan fingerprint density at radius 2 is 2.21 bits per heavy atom. The van der Waals surface area contributed by atoms with Gasteiger partial charge in [0.15, 0.2) is 0 Å².